The Morgan fingerprint density at radius 1 is 1.31 bits per heavy atom. The Morgan fingerprint density at radius 2 is 2.00 bits per heavy atom. The van der Waals surface area contributed by atoms with E-state index in [0.717, 1.165) is 6.07 Å². The quantitative estimate of drug-likeness (QED) is 0.747. The third kappa shape index (κ3) is 2.36. The van der Waals surface area contributed by atoms with Crippen LogP contribution < -0.4 is 0 Å². The first-order chi connectivity index (χ1) is 6.15. The minimum atomic E-state index is -0.618. The van der Waals surface area contributed by atoms with Crippen LogP contribution in [-0.4, -0.2) is 11.7 Å². The molecule has 13 heavy (non-hydrogen) atoms. The van der Waals surface area contributed by atoms with Crippen molar-refractivity contribution in [2.24, 2.45) is 0 Å². The van der Waals surface area contributed by atoms with Crippen LogP contribution in [-0.2, 0) is 0 Å². The van der Waals surface area contributed by atoms with Crippen molar-refractivity contribution in [1.82, 2.24) is 0 Å². The van der Waals surface area contributed by atoms with Gasteiger partial charge < -0.3 is 5.11 Å². The van der Waals surface area contributed by atoms with E-state index in [1.807, 2.05) is 0 Å². The Bertz CT molecular complexity index is 332. The van der Waals surface area contributed by atoms with Gasteiger partial charge in [0.1, 0.15) is 11.6 Å². The molecule has 0 aromatic heterocycles. The molecule has 0 bridgehead atoms. The molecule has 0 saturated heterocycles. The van der Waals surface area contributed by atoms with Gasteiger partial charge in [-0.25, -0.2) is 8.78 Å². The third-order valence-electron chi connectivity index (χ3n) is 1.68. The van der Waals surface area contributed by atoms with Gasteiger partial charge in [-0.1, -0.05) is 12.2 Å². The van der Waals surface area contributed by atoms with Crippen LogP contribution in [0.3, 0.4) is 0 Å². The van der Waals surface area contributed by atoms with E-state index in [2.05, 4.69) is 0 Å². The van der Waals surface area contributed by atoms with Gasteiger partial charge in [-0.3, -0.25) is 0 Å². The van der Waals surface area contributed by atoms with Gasteiger partial charge in [0.15, 0.2) is 0 Å². The minimum absolute atomic E-state index is 0.157. The molecule has 0 aliphatic heterocycles. The molecule has 0 fully saturated rings. The van der Waals surface area contributed by atoms with E-state index in [0.29, 0.717) is 5.56 Å². The van der Waals surface area contributed by atoms with Gasteiger partial charge in [-0.15, -0.1) is 0 Å². The molecule has 1 aromatic carbocycles. The summed E-state index contributed by atoms with van der Waals surface area (Å²) in [6, 6.07) is 2.24. The van der Waals surface area contributed by atoms with Crippen molar-refractivity contribution >= 4 is 6.08 Å². The molecule has 0 heterocycles. The molecule has 1 rings (SSSR count). The lowest BCUT2D eigenvalue weighted by molar-refractivity contribution is 0.343. The van der Waals surface area contributed by atoms with Crippen molar-refractivity contribution in [1.29, 1.82) is 0 Å². The monoisotopic (exact) mass is 184 g/mol. The lowest BCUT2D eigenvalue weighted by Gasteiger charge is -2.00. The summed E-state index contributed by atoms with van der Waals surface area (Å²) in [6.45, 7) is 1.40. The summed E-state index contributed by atoms with van der Waals surface area (Å²) in [5.41, 5.74) is 0.673. The lowest BCUT2D eigenvalue weighted by atomic mass is 10.1. The first-order valence-corrected chi connectivity index (χ1v) is 3.88. The largest absolute Gasteiger partial charge is 0.392 e. The Hall–Kier alpha value is -1.22. The predicted octanol–water partition coefficient (Wildman–Crippen LogP) is 2.28. The van der Waals surface area contributed by atoms with E-state index in [1.54, 1.807) is 6.92 Å². The van der Waals surface area contributed by atoms with Gasteiger partial charge in [0.2, 0.25) is 0 Å². The second-order valence-corrected chi connectivity index (χ2v) is 2.71. The van der Waals surface area contributed by atoms with Gasteiger partial charge >= 0.3 is 0 Å². The molecule has 1 aromatic rings. The summed E-state index contributed by atoms with van der Waals surface area (Å²) in [5, 5.41) is 8.46. The van der Waals surface area contributed by atoms with E-state index in [9.17, 15) is 8.78 Å². The summed E-state index contributed by atoms with van der Waals surface area (Å²) >= 11 is 0. The fourth-order valence-electron chi connectivity index (χ4n) is 0.987. The van der Waals surface area contributed by atoms with Crippen LogP contribution >= 0.6 is 0 Å². The van der Waals surface area contributed by atoms with E-state index >= 15 is 0 Å². The van der Waals surface area contributed by atoms with Crippen LogP contribution in [0.1, 0.15) is 11.1 Å². The molecule has 0 unspecified atom stereocenters. The van der Waals surface area contributed by atoms with E-state index in [4.69, 9.17) is 5.11 Å². The van der Waals surface area contributed by atoms with Crippen molar-refractivity contribution in [2.75, 3.05) is 6.61 Å². The zero-order chi connectivity index (χ0) is 9.84. The first kappa shape index (κ1) is 9.86. The summed E-state index contributed by atoms with van der Waals surface area (Å²) < 4.78 is 25.7. The van der Waals surface area contributed by atoms with E-state index < -0.39 is 11.6 Å². The Labute approximate surface area is 75.3 Å². The van der Waals surface area contributed by atoms with Crippen LogP contribution in [0, 0.1) is 18.6 Å². The van der Waals surface area contributed by atoms with Crippen LogP contribution in [0.25, 0.3) is 6.08 Å². The highest BCUT2D eigenvalue weighted by atomic mass is 19.1. The highest BCUT2D eigenvalue weighted by Crippen LogP contribution is 2.15. The van der Waals surface area contributed by atoms with Gasteiger partial charge in [0.25, 0.3) is 0 Å². The standard InChI is InChI=1S/C10H10F2O/c1-7-5-8(3-2-4-13)10(12)6-9(7)11/h2-3,5-6,13H,4H2,1H3. The van der Waals surface area contributed by atoms with Crippen LogP contribution in [0.2, 0.25) is 0 Å². The summed E-state index contributed by atoms with van der Waals surface area (Å²) in [7, 11) is 0. The number of hydrogen-bond donors (Lipinski definition) is 1. The molecule has 0 atom stereocenters. The van der Waals surface area contributed by atoms with Crippen LogP contribution in [0.4, 0.5) is 8.78 Å². The van der Waals surface area contributed by atoms with Gasteiger partial charge in [-0.05, 0) is 18.6 Å². The number of hydrogen-bond acceptors (Lipinski definition) is 1. The SMILES string of the molecule is Cc1cc(C=CCO)c(F)cc1F. The van der Waals surface area contributed by atoms with Gasteiger partial charge in [0, 0.05) is 11.6 Å². The molecule has 1 N–H and O–H groups in total. The molecule has 0 spiro atoms. The molecular weight excluding hydrogens is 174 g/mol. The predicted molar refractivity (Wildman–Crippen MR) is 47.2 cm³/mol. The van der Waals surface area contributed by atoms with Crippen LogP contribution in [0.15, 0.2) is 18.2 Å². The number of rotatable bonds is 2. The van der Waals surface area contributed by atoms with Crippen molar-refractivity contribution in [2.45, 2.75) is 6.92 Å². The molecule has 0 saturated carbocycles. The lowest BCUT2D eigenvalue weighted by Crippen LogP contribution is -1.89. The van der Waals surface area contributed by atoms with Crippen molar-refractivity contribution in [3.8, 4) is 0 Å². The number of benzene rings is 1. The third-order valence-corrected chi connectivity index (χ3v) is 1.68. The molecule has 0 aliphatic carbocycles. The zero-order valence-electron chi connectivity index (χ0n) is 7.22. The maximum absolute atomic E-state index is 13.0. The second-order valence-electron chi connectivity index (χ2n) is 2.71. The highest BCUT2D eigenvalue weighted by Gasteiger charge is 2.03. The van der Waals surface area contributed by atoms with E-state index in [-0.39, 0.29) is 12.2 Å². The highest BCUT2D eigenvalue weighted by molar-refractivity contribution is 5.51. The topological polar surface area (TPSA) is 20.2 Å². The Balaban J connectivity index is 3.08. The summed E-state index contributed by atoms with van der Waals surface area (Å²) in [5.74, 6) is -1.17. The maximum atomic E-state index is 13.0. The molecule has 1 nitrogen and oxygen atoms in total. The zero-order valence-corrected chi connectivity index (χ0v) is 7.22. The smallest absolute Gasteiger partial charge is 0.133 e. The average molecular weight is 184 g/mol. The normalized spacial score (nSPS) is 11.1. The van der Waals surface area contributed by atoms with Crippen molar-refractivity contribution in [3.05, 3.63) is 41.0 Å². The van der Waals surface area contributed by atoms with Crippen molar-refractivity contribution in [3.63, 3.8) is 0 Å². The molecule has 3 heteroatoms. The molecule has 70 valence electrons. The first-order valence-electron chi connectivity index (χ1n) is 3.88. The van der Waals surface area contributed by atoms with Gasteiger partial charge in [0.05, 0.1) is 6.61 Å². The van der Waals surface area contributed by atoms with Crippen molar-refractivity contribution < 1.29 is 13.9 Å². The fourth-order valence-corrected chi connectivity index (χ4v) is 0.987. The summed E-state index contributed by atoms with van der Waals surface area (Å²) in [6.07, 6.45) is 2.82. The number of aryl methyl sites for hydroxylation is 1. The maximum Gasteiger partial charge on any atom is 0.133 e. The Kier molecular flexibility index (Phi) is 3.14. The van der Waals surface area contributed by atoms with Crippen LogP contribution in [0.5, 0.6) is 0 Å². The second kappa shape index (κ2) is 4.14. The van der Waals surface area contributed by atoms with E-state index in [1.165, 1.54) is 18.2 Å². The minimum Gasteiger partial charge on any atom is -0.392 e. The Morgan fingerprint density at radius 3 is 2.62 bits per heavy atom. The number of aliphatic hydroxyl groups is 1. The molecule has 0 amide bonds. The number of aliphatic hydroxyl groups excluding tert-OH is 1. The molecule has 0 aliphatic rings. The molecular formula is C10H10F2O. The molecule has 0 radical (unpaired) electrons. The fraction of sp³-hybridized carbons (Fsp3) is 0.200. The average Bonchev–Trinajstić information content (AvgIpc) is 2.09. The van der Waals surface area contributed by atoms with Gasteiger partial charge in [-0.2, -0.15) is 0 Å². The summed E-state index contributed by atoms with van der Waals surface area (Å²) in [4.78, 5) is 0. The number of halogens is 2.